The molecule has 1 aromatic carbocycles. The van der Waals surface area contributed by atoms with Crippen LogP contribution in [-0.2, 0) is 0 Å². The van der Waals surface area contributed by atoms with Gasteiger partial charge < -0.3 is 9.97 Å². The fraction of sp³-hybridized carbons (Fsp3) is 0.200. The molecule has 2 N–H and O–H groups in total. The third-order valence-electron chi connectivity index (χ3n) is 3.25. The minimum Gasteiger partial charge on any atom is -0.306 e. The number of nitrogens with one attached hydrogen (secondary N) is 2. The second-order valence-corrected chi connectivity index (χ2v) is 6.32. The summed E-state index contributed by atoms with van der Waals surface area (Å²) in [7, 11) is 0. The second-order valence-electron chi connectivity index (χ2n) is 4.96. The molecule has 7 heteroatoms. The van der Waals surface area contributed by atoms with Crippen molar-refractivity contribution in [3.05, 3.63) is 52.3 Å². The Labute approximate surface area is 130 Å². The van der Waals surface area contributed by atoms with Crippen molar-refractivity contribution in [1.82, 2.24) is 19.9 Å². The third-order valence-corrected chi connectivity index (χ3v) is 4.28. The number of aromatic nitrogens is 4. The van der Waals surface area contributed by atoms with Crippen LogP contribution in [-0.4, -0.2) is 31.0 Å². The normalized spacial score (nSPS) is 12.5. The summed E-state index contributed by atoms with van der Waals surface area (Å²) in [6.45, 7) is 3.73. The van der Waals surface area contributed by atoms with Crippen LogP contribution in [0.4, 0.5) is 0 Å². The first-order chi connectivity index (χ1) is 10.5. The summed E-state index contributed by atoms with van der Waals surface area (Å²) in [6, 6.07) is 6.99. The van der Waals surface area contributed by atoms with E-state index in [2.05, 4.69) is 19.9 Å². The fourth-order valence-corrected chi connectivity index (χ4v) is 3.10. The van der Waals surface area contributed by atoms with Crippen LogP contribution in [0.1, 0.15) is 23.0 Å². The van der Waals surface area contributed by atoms with Crippen LogP contribution in [0, 0.1) is 6.92 Å². The Morgan fingerprint density at radius 1 is 1.18 bits per heavy atom. The number of aromatic amines is 2. The first kappa shape index (κ1) is 14.5. The molecule has 2 heterocycles. The van der Waals surface area contributed by atoms with Gasteiger partial charge in [0.1, 0.15) is 11.4 Å². The molecule has 0 aliphatic heterocycles. The number of benzene rings is 1. The third kappa shape index (κ3) is 2.94. The zero-order chi connectivity index (χ0) is 15.7. The van der Waals surface area contributed by atoms with Gasteiger partial charge in [-0.3, -0.25) is 4.79 Å². The zero-order valence-electron chi connectivity index (χ0n) is 12.1. The fourth-order valence-electron chi connectivity index (χ4n) is 2.15. The SMILES string of the molecule is Cc1cc(SC(C)C(=O)c2ccc3[nH]c(=O)[nH]c3c2)ncn1. The number of carbonyl (C=O) groups is 1. The Hall–Kier alpha value is -2.41. The van der Waals surface area contributed by atoms with Crippen LogP contribution in [0.3, 0.4) is 0 Å². The van der Waals surface area contributed by atoms with Crippen molar-refractivity contribution in [3.63, 3.8) is 0 Å². The lowest BCUT2D eigenvalue weighted by Gasteiger charge is -2.10. The lowest BCUT2D eigenvalue weighted by atomic mass is 10.1. The van der Waals surface area contributed by atoms with E-state index in [0.717, 1.165) is 10.7 Å². The van der Waals surface area contributed by atoms with E-state index in [4.69, 9.17) is 0 Å². The Bertz CT molecular complexity index is 900. The molecule has 0 aliphatic rings. The van der Waals surface area contributed by atoms with Gasteiger partial charge in [0.15, 0.2) is 5.78 Å². The number of thioether (sulfide) groups is 1. The number of fused-ring (bicyclic) bond motifs is 1. The Kier molecular flexibility index (Phi) is 3.81. The first-order valence-electron chi connectivity index (χ1n) is 6.74. The van der Waals surface area contributed by atoms with Crippen molar-refractivity contribution >= 4 is 28.6 Å². The number of carbonyl (C=O) groups excluding carboxylic acids is 1. The van der Waals surface area contributed by atoms with Crippen LogP contribution >= 0.6 is 11.8 Å². The Morgan fingerprint density at radius 2 is 1.95 bits per heavy atom. The maximum absolute atomic E-state index is 12.5. The maximum atomic E-state index is 12.5. The summed E-state index contributed by atoms with van der Waals surface area (Å²) in [5, 5.41) is 0.488. The van der Waals surface area contributed by atoms with Crippen LogP contribution in [0.5, 0.6) is 0 Å². The van der Waals surface area contributed by atoms with Gasteiger partial charge in [-0.15, -0.1) is 0 Å². The van der Waals surface area contributed by atoms with Crippen molar-refractivity contribution in [2.45, 2.75) is 24.1 Å². The van der Waals surface area contributed by atoms with Gasteiger partial charge in [0.2, 0.25) is 0 Å². The molecule has 3 aromatic rings. The smallest absolute Gasteiger partial charge is 0.306 e. The number of nitrogens with zero attached hydrogens (tertiary/aromatic N) is 2. The monoisotopic (exact) mass is 314 g/mol. The number of Topliss-reactive ketones (excluding diaryl/α,β-unsaturated/α-hetero) is 1. The van der Waals surface area contributed by atoms with E-state index >= 15 is 0 Å². The molecule has 0 saturated heterocycles. The van der Waals surface area contributed by atoms with E-state index in [1.807, 2.05) is 19.9 Å². The van der Waals surface area contributed by atoms with Crippen LogP contribution in [0.25, 0.3) is 11.0 Å². The molecule has 1 atom stereocenters. The summed E-state index contributed by atoms with van der Waals surface area (Å²) >= 11 is 1.39. The molecule has 22 heavy (non-hydrogen) atoms. The molecular weight excluding hydrogens is 300 g/mol. The van der Waals surface area contributed by atoms with Gasteiger partial charge >= 0.3 is 5.69 Å². The highest BCUT2D eigenvalue weighted by atomic mass is 32.2. The van der Waals surface area contributed by atoms with E-state index < -0.39 is 0 Å². The maximum Gasteiger partial charge on any atom is 0.323 e. The summed E-state index contributed by atoms with van der Waals surface area (Å²) in [5.41, 5.74) is 2.47. The van der Waals surface area contributed by atoms with Crippen LogP contribution in [0.15, 0.2) is 40.4 Å². The number of ketones is 1. The number of H-pyrrole nitrogens is 2. The average Bonchev–Trinajstić information content (AvgIpc) is 2.85. The van der Waals surface area contributed by atoms with E-state index in [1.54, 1.807) is 18.2 Å². The summed E-state index contributed by atoms with van der Waals surface area (Å²) < 4.78 is 0. The minimum absolute atomic E-state index is 0.00906. The van der Waals surface area contributed by atoms with Gasteiger partial charge in [-0.1, -0.05) is 11.8 Å². The minimum atomic E-state index is -0.280. The average molecular weight is 314 g/mol. The molecule has 0 saturated carbocycles. The van der Waals surface area contributed by atoms with Crippen molar-refractivity contribution in [2.24, 2.45) is 0 Å². The molecule has 3 rings (SSSR count). The quantitative estimate of drug-likeness (QED) is 0.438. The van der Waals surface area contributed by atoms with Crippen molar-refractivity contribution in [1.29, 1.82) is 0 Å². The van der Waals surface area contributed by atoms with Crippen molar-refractivity contribution in [2.75, 3.05) is 0 Å². The first-order valence-corrected chi connectivity index (χ1v) is 7.62. The number of rotatable bonds is 4. The van der Waals surface area contributed by atoms with E-state index in [9.17, 15) is 9.59 Å². The molecule has 0 fully saturated rings. The predicted molar refractivity (Wildman–Crippen MR) is 85.3 cm³/mol. The van der Waals surface area contributed by atoms with Crippen LogP contribution in [0.2, 0.25) is 0 Å². The molecule has 6 nitrogen and oxygen atoms in total. The molecule has 0 amide bonds. The number of hydrogen-bond donors (Lipinski definition) is 2. The van der Waals surface area contributed by atoms with Gasteiger partial charge in [-0.2, -0.15) is 0 Å². The van der Waals surface area contributed by atoms with E-state index in [0.29, 0.717) is 16.6 Å². The number of imidazole rings is 1. The van der Waals surface area contributed by atoms with Gasteiger partial charge in [0.05, 0.1) is 16.3 Å². The molecule has 0 spiro atoms. The topological polar surface area (TPSA) is 91.5 Å². The summed E-state index contributed by atoms with van der Waals surface area (Å²) in [6.07, 6.45) is 1.49. The van der Waals surface area contributed by atoms with Crippen molar-refractivity contribution < 1.29 is 4.79 Å². The molecular formula is C15H14N4O2S. The molecule has 0 bridgehead atoms. The highest BCUT2D eigenvalue weighted by Crippen LogP contribution is 2.24. The van der Waals surface area contributed by atoms with Gasteiger partial charge in [0.25, 0.3) is 0 Å². The molecule has 0 radical (unpaired) electrons. The standard InChI is InChI=1S/C15H14N4O2S/c1-8-5-13(17-7-16-8)22-9(2)14(20)10-3-4-11-12(6-10)19-15(21)18-11/h3-7,9H,1-2H3,(H2,18,19,21). The highest BCUT2D eigenvalue weighted by molar-refractivity contribution is 8.00. The number of aryl methyl sites for hydroxylation is 1. The van der Waals surface area contributed by atoms with E-state index in [-0.39, 0.29) is 16.7 Å². The van der Waals surface area contributed by atoms with E-state index in [1.165, 1.54) is 18.1 Å². The predicted octanol–water partition coefficient (Wildman–Crippen LogP) is 2.32. The molecule has 1 unspecified atom stereocenters. The molecule has 112 valence electrons. The van der Waals surface area contributed by atoms with Gasteiger partial charge in [-0.25, -0.2) is 14.8 Å². The highest BCUT2D eigenvalue weighted by Gasteiger charge is 2.18. The summed E-state index contributed by atoms with van der Waals surface area (Å²) in [4.78, 5) is 37.3. The zero-order valence-corrected chi connectivity index (χ0v) is 12.9. The van der Waals surface area contributed by atoms with Gasteiger partial charge in [-0.05, 0) is 38.1 Å². The van der Waals surface area contributed by atoms with Gasteiger partial charge in [0, 0.05) is 11.3 Å². The Balaban J connectivity index is 1.83. The largest absolute Gasteiger partial charge is 0.323 e. The molecule has 0 aliphatic carbocycles. The lowest BCUT2D eigenvalue weighted by Crippen LogP contribution is -2.13. The number of hydrogen-bond acceptors (Lipinski definition) is 5. The Morgan fingerprint density at radius 3 is 2.73 bits per heavy atom. The van der Waals surface area contributed by atoms with Crippen molar-refractivity contribution in [3.8, 4) is 0 Å². The lowest BCUT2D eigenvalue weighted by molar-refractivity contribution is 0.0994. The summed E-state index contributed by atoms with van der Waals surface area (Å²) in [5.74, 6) is -0.00906. The molecule has 2 aromatic heterocycles. The second kappa shape index (κ2) is 5.76. The van der Waals surface area contributed by atoms with Crippen LogP contribution < -0.4 is 5.69 Å².